The molecule has 0 aliphatic heterocycles. The van der Waals surface area contributed by atoms with E-state index in [0.717, 1.165) is 21.7 Å². The van der Waals surface area contributed by atoms with Crippen LogP contribution >= 0.6 is 11.3 Å². The van der Waals surface area contributed by atoms with Crippen molar-refractivity contribution in [1.29, 1.82) is 0 Å². The number of nitrogens with one attached hydrogen (secondary N) is 1. The zero-order valence-electron chi connectivity index (χ0n) is 15.7. The summed E-state index contributed by atoms with van der Waals surface area (Å²) in [5, 5.41) is 10.2. The molecule has 4 aromatic heterocycles. The topological polar surface area (TPSA) is 76.2 Å². The maximum Gasteiger partial charge on any atom is 0.322 e. The zero-order valence-corrected chi connectivity index (χ0v) is 16.5. The lowest BCUT2D eigenvalue weighted by Gasteiger charge is -2.21. The van der Waals surface area contributed by atoms with Crippen molar-refractivity contribution in [3.8, 4) is 0 Å². The SMILES string of the molecule is CC(C)n1ncc2cc(NC(=O)N(Cc3ccco3)Cc3cccs3)cnc21. The fourth-order valence-electron chi connectivity index (χ4n) is 2.97. The molecular weight excluding hydrogens is 374 g/mol. The van der Waals surface area contributed by atoms with Gasteiger partial charge in [-0.2, -0.15) is 5.10 Å². The Kier molecular flexibility index (Phi) is 5.12. The minimum atomic E-state index is -0.206. The third-order valence-electron chi connectivity index (χ3n) is 4.31. The number of aromatic nitrogens is 3. The van der Waals surface area contributed by atoms with Crippen LogP contribution in [0, 0.1) is 0 Å². The van der Waals surface area contributed by atoms with Crippen LogP contribution in [0.5, 0.6) is 0 Å². The number of thiophene rings is 1. The van der Waals surface area contributed by atoms with Gasteiger partial charge >= 0.3 is 6.03 Å². The summed E-state index contributed by atoms with van der Waals surface area (Å²) in [6.07, 6.45) is 5.04. The molecule has 1 N–H and O–H groups in total. The van der Waals surface area contributed by atoms with E-state index in [2.05, 4.69) is 29.2 Å². The van der Waals surface area contributed by atoms with Gasteiger partial charge in [0, 0.05) is 16.3 Å². The highest BCUT2D eigenvalue weighted by Crippen LogP contribution is 2.21. The van der Waals surface area contributed by atoms with Crippen molar-refractivity contribution in [3.05, 3.63) is 65.0 Å². The van der Waals surface area contributed by atoms with Gasteiger partial charge in [0.1, 0.15) is 5.76 Å². The second-order valence-corrected chi connectivity index (χ2v) is 7.80. The number of pyridine rings is 1. The Bertz CT molecular complexity index is 1020. The summed E-state index contributed by atoms with van der Waals surface area (Å²) in [4.78, 5) is 20.2. The molecule has 144 valence electrons. The van der Waals surface area contributed by atoms with Gasteiger partial charge in [-0.3, -0.25) is 0 Å². The number of hydrogen-bond acceptors (Lipinski definition) is 5. The van der Waals surface area contributed by atoms with Crippen molar-refractivity contribution < 1.29 is 9.21 Å². The fraction of sp³-hybridized carbons (Fsp3) is 0.250. The molecule has 0 spiro atoms. The number of nitrogens with zero attached hydrogens (tertiary/aromatic N) is 4. The van der Waals surface area contributed by atoms with Crippen LogP contribution in [0.3, 0.4) is 0 Å². The molecule has 7 nitrogen and oxygen atoms in total. The van der Waals surface area contributed by atoms with E-state index in [4.69, 9.17) is 4.42 Å². The Hall–Kier alpha value is -3.13. The summed E-state index contributed by atoms with van der Waals surface area (Å²) >= 11 is 1.62. The molecule has 0 fully saturated rings. The number of hydrogen-bond donors (Lipinski definition) is 1. The molecule has 0 saturated carbocycles. The van der Waals surface area contributed by atoms with Gasteiger partial charge in [0.2, 0.25) is 0 Å². The molecule has 0 atom stereocenters. The highest BCUT2D eigenvalue weighted by molar-refractivity contribution is 7.09. The fourth-order valence-corrected chi connectivity index (χ4v) is 3.69. The highest BCUT2D eigenvalue weighted by atomic mass is 32.1. The first-order chi connectivity index (χ1) is 13.6. The van der Waals surface area contributed by atoms with E-state index in [-0.39, 0.29) is 12.1 Å². The molecule has 0 radical (unpaired) electrons. The third-order valence-corrected chi connectivity index (χ3v) is 5.18. The Morgan fingerprint density at radius 1 is 1.29 bits per heavy atom. The van der Waals surface area contributed by atoms with Crippen LogP contribution in [0.1, 0.15) is 30.5 Å². The van der Waals surface area contributed by atoms with Gasteiger partial charge in [-0.05, 0) is 43.5 Å². The lowest BCUT2D eigenvalue weighted by molar-refractivity contribution is 0.202. The minimum absolute atomic E-state index is 0.206. The van der Waals surface area contributed by atoms with Crippen molar-refractivity contribution in [3.63, 3.8) is 0 Å². The van der Waals surface area contributed by atoms with Gasteiger partial charge in [-0.1, -0.05) is 6.07 Å². The van der Waals surface area contributed by atoms with Gasteiger partial charge in [0.15, 0.2) is 5.65 Å². The van der Waals surface area contributed by atoms with Gasteiger partial charge in [-0.15, -0.1) is 11.3 Å². The van der Waals surface area contributed by atoms with Crippen LogP contribution in [0.4, 0.5) is 10.5 Å². The number of urea groups is 1. The largest absolute Gasteiger partial charge is 0.467 e. The monoisotopic (exact) mass is 395 g/mol. The van der Waals surface area contributed by atoms with Crippen LogP contribution < -0.4 is 5.32 Å². The molecule has 0 aliphatic carbocycles. The van der Waals surface area contributed by atoms with Gasteiger partial charge in [0.25, 0.3) is 0 Å². The molecule has 4 rings (SSSR count). The molecule has 0 aromatic carbocycles. The summed E-state index contributed by atoms with van der Waals surface area (Å²) in [5.41, 5.74) is 1.44. The number of furan rings is 1. The van der Waals surface area contributed by atoms with E-state index in [1.54, 1.807) is 34.9 Å². The first kappa shape index (κ1) is 18.2. The molecule has 0 unspecified atom stereocenters. The van der Waals surface area contributed by atoms with E-state index >= 15 is 0 Å². The van der Waals surface area contributed by atoms with E-state index in [1.165, 1.54) is 0 Å². The predicted molar refractivity (Wildman–Crippen MR) is 109 cm³/mol. The Morgan fingerprint density at radius 2 is 2.18 bits per heavy atom. The van der Waals surface area contributed by atoms with Gasteiger partial charge in [0.05, 0.1) is 37.4 Å². The van der Waals surface area contributed by atoms with E-state index in [1.807, 2.05) is 40.4 Å². The lowest BCUT2D eigenvalue weighted by Crippen LogP contribution is -2.33. The van der Waals surface area contributed by atoms with Crippen molar-refractivity contribution in [2.75, 3.05) is 5.32 Å². The number of anilines is 1. The summed E-state index contributed by atoms with van der Waals surface area (Å²) in [7, 11) is 0. The van der Waals surface area contributed by atoms with E-state index in [0.29, 0.717) is 18.8 Å². The molecule has 0 bridgehead atoms. The molecule has 0 saturated heterocycles. The van der Waals surface area contributed by atoms with E-state index in [9.17, 15) is 4.79 Å². The molecule has 4 aromatic rings. The molecule has 8 heteroatoms. The molecule has 0 aliphatic rings. The Balaban J connectivity index is 1.53. The van der Waals surface area contributed by atoms with Crippen LogP contribution in [0.25, 0.3) is 11.0 Å². The number of amides is 2. The molecule has 4 heterocycles. The molecule has 2 amide bonds. The molecular formula is C20H21N5O2S. The minimum Gasteiger partial charge on any atom is -0.467 e. The van der Waals surface area contributed by atoms with Crippen molar-refractivity contribution in [2.24, 2.45) is 0 Å². The highest BCUT2D eigenvalue weighted by Gasteiger charge is 2.17. The first-order valence-electron chi connectivity index (χ1n) is 9.04. The summed E-state index contributed by atoms with van der Waals surface area (Å²) in [6, 6.07) is 9.59. The molecule has 28 heavy (non-hydrogen) atoms. The number of carbonyl (C=O) groups excluding carboxylic acids is 1. The van der Waals surface area contributed by atoms with Crippen molar-refractivity contribution in [1.82, 2.24) is 19.7 Å². The van der Waals surface area contributed by atoms with Crippen molar-refractivity contribution >= 4 is 34.1 Å². The Morgan fingerprint density at radius 3 is 2.89 bits per heavy atom. The first-order valence-corrected chi connectivity index (χ1v) is 9.92. The third kappa shape index (κ3) is 3.91. The van der Waals surface area contributed by atoms with Crippen LogP contribution in [0.2, 0.25) is 0 Å². The summed E-state index contributed by atoms with van der Waals surface area (Å²) < 4.78 is 7.29. The average Bonchev–Trinajstić information content (AvgIpc) is 3.42. The zero-order chi connectivity index (χ0) is 19.5. The lowest BCUT2D eigenvalue weighted by atomic mass is 10.3. The summed E-state index contributed by atoms with van der Waals surface area (Å²) in [5.74, 6) is 0.735. The standard InChI is InChI=1S/C20H21N5O2S/c1-14(2)25-19-15(10-22-25)9-16(11-21-19)23-20(26)24(12-17-5-3-7-27-17)13-18-6-4-8-28-18/h3-11,14H,12-13H2,1-2H3,(H,23,26). The summed E-state index contributed by atoms with van der Waals surface area (Å²) in [6.45, 7) is 5.00. The number of fused-ring (bicyclic) bond motifs is 1. The average molecular weight is 395 g/mol. The predicted octanol–water partition coefficient (Wildman–Crippen LogP) is 4.90. The number of carbonyl (C=O) groups is 1. The smallest absolute Gasteiger partial charge is 0.322 e. The van der Waals surface area contributed by atoms with Crippen LogP contribution in [-0.2, 0) is 13.1 Å². The maximum absolute atomic E-state index is 12.9. The van der Waals surface area contributed by atoms with E-state index < -0.39 is 0 Å². The van der Waals surface area contributed by atoms with Gasteiger partial charge < -0.3 is 14.6 Å². The maximum atomic E-state index is 12.9. The number of rotatable bonds is 6. The second-order valence-electron chi connectivity index (χ2n) is 6.76. The van der Waals surface area contributed by atoms with Crippen molar-refractivity contribution in [2.45, 2.75) is 33.0 Å². The second kappa shape index (κ2) is 7.85. The normalized spacial score (nSPS) is 11.2. The van der Waals surface area contributed by atoms with Crippen LogP contribution in [0.15, 0.2) is 58.8 Å². The van der Waals surface area contributed by atoms with Gasteiger partial charge in [-0.25, -0.2) is 14.5 Å². The Labute approximate surface area is 166 Å². The van der Waals surface area contributed by atoms with Crippen LogP contribution in [-0.4, -0.2) is 25.7 Å². The quantitative estimate of drug-likeness (QED) is 0.504.